The van der Waals surface area contributed by atoms with Gasteiger partial charge in [-0.3, -0.25) is 4.79 Å². The molecule has 0 saturated carbocycles. The number of amidine groups is 1. The van der Waals surface area contributed by atoms with Crippen LogP contribution in [0.2, 0.25) is 0 Å². The number of aliphatic imine (C=N–C) groups is 1. The highest BCUT2D eigenvalue weighted by molar-refractivity contribution is 7.17. The summed E-state index contributed by atoms with van der Waals surface area (Å²) in [6.45, 7) is 13.6. The minimum Gasteiger partial charge on any atom is -0.389 e. The van der Waals surface area contributed by atoms with Gasteiger partial charge in [0.15, 0.2) is 0 Å². The summed E-state index contributed by atoms with van der Waals surface area (Å²) in [5.41, 5.74) is 3.64. The summed E-state index contributed by atoms with van der Waals surface area (Å²) < 4.78 is 0. The number of thiophene rings is 1. The van der Waals surface area contributed by atoms with Crippen molar-refractivity contribution in [2.24, 2.45) is 10.4 Å². The summed E-state index contributed by atoms with van der Waals surface area (Å²) in [6.07, 6.45) is 4.35. The maximum atomic E-state index is 13.1. The van der Waals surface area contributed by atoms with E-state index in [4.69, 9.17) is 0 Å². The van der Waals surface area contributed by atoms with Crippen LogP contribution in [0.4, 0.5) is 5.69 Å². The number of fused-ring (bicyclic) bond motifs is 1. The lowest BCUT2D eigenvalue weighted by Crippen LogP contribution is -2.40. The second-order valence-corrected chi connectivity index (χ2v) is 12.2. The number of nitrogens with one attached hydrogen (secondary N) is 2. The number of nitrogens with zero attached hydrogens (tertiary/aromatic N) is 2. The molecule has 6 nitrogen and oxygen atoms in total. The average Bonchev–Trinajstić information content (AvgIpc) is 3.51. The summed E-state index contributed by atoms with van der Waals surface area (Å²) in [7, 11) is 0. The Bertz CT molecular complexity index is 1210. The number of rotatable bonds is 7. The van der Waals surface area contributed by atoms with Gasteiger partial charge in [-0.25, -0.2) is 0 Å². The molecule has 0 spiro atoms. The molecule has 0 radical (unpaired) electrons. The largest absolute Gasteiger partial charge is 0.389 e. The number of anilines is 1. The Morgan fingerprint density at radius 2 is 1.97 bits per heavy atom. The molecule has 3 heterocycles. The van der Waals surface area contributed by atoms with E-state index in [0.29, 0.717) is 29.7 Å². The van der Waals surface area contributed by atoms with Crippen molar-refractivity contribution in [2.45, 2.75) is 66.2 Å². The van der Waals surface area contributed by atoms with Gasteiger partial charge in [-0.2, -0.15) is 4.99 Å². The van der Waals surface area contributed by atoms with Gasteiger partial charge in [-0.1, -0.05) is 32.9 Å². The van der Waals surface area contributed by atoms with Crippen LogP contribution in [0.5, 0.6) is 0 Å². The minimum atomic E-state index is -0.932. The lowest BCUT2D eigenvalue weighted by Gasteiger charge is -2.29. The molecule has 0 saturated heterocycles. The standard InChI is InChI=1S/C28H36N4O2S/c1-18(27(2,3)4)30-15-19-7-8-22-21(13-19)14-25(32(22)17-28(5,6)34)31-26(33)24-10-9-23(35-24)20-11-12-29-16-20/h7-13,16,18,29-30,34H,14-15,17H2,1-6H3/t18-/m0/s1. The zero-order valence-corrected chi connectivity index (χ0v) is 22.3. The molecule has 1 amide bonds. The molecular formula is C28H36N4O2S. The van der Waals surface area contributed by atoms with Crippen LogP contribution in [0.3, 0.4) is 0 Å². The van der Waals surface area contributed by atoms with Crippen molar-refractivity contribution in [3.63, 3.8) is 0 Å². The number of benzene rings is 1. The predicted molar refractivity (Wildman–Crippen MR) is 145 cm³/mol. The van der Waals surface area contributed by atoms with Crippen molar-refractivity contribution in [2.75, 3.05) is 11.4 Å². The summed E-state index contributed by atoms with van der Waals surface area (Å²) in [6, 6.07) is 12.5. The summed E-state index contributed by atoms with van der Waals surface area (Å²) in [5.74, 6) is 0.429. The molecule has 0 fully saturated rings. The van der Waals surface area contributed by atoms with Crippen LogP contribution in [-0.2, 0) is 13.0 Å². The Balaban J connectivity index is 1.57. The Kier molecular flexibility index (Phi) is 7.04. The van der Waals surface area contributed by atoms with Crippen molar-refractivity contribution in [1.82, 2.24) is 10.3 Å². The van der Waals surface area contributed by atoms with Gasteiger partial charge in [-0.05, 0) is 61.6 Å². The first-order valence-corrected chi connectivity index (χ1v) is 12.9. The molecule has 1 atom stereocenters. The van der Waals surface area contributed by atoms with Gasteiger partial charge in [0.2, 0.25) is 0 Å². The van der Waals surface area contributed by atoms with E-state index in [1.807, 2.05) is 35.5 Å². The molecule has 7 heteroatoms. The summed E-state index contributed by atoms with van der Waals surface area (Å²) in [4.78, 5) is 24.3. The number of hydrogen-bond acceptors (Lipinski definition) is 4. The Labute approximate surface area is 212 Å². The predicted octanol–water partition coefficient (Wildman–Crippen LogP) is 5.64. The van der Waals surface area contributed by atoms with E-state index in [9.17, 15) is 9.90 Å². The molecule has 4 rings (SSSR count). The van der Waals surface area contributed by atoms with Gasteiger partial charge < -0.3 is 20.3 Å². The molecular weight excluding hydrogens is 456 g/mol. The molecule has 3 N–H and O–H groups in total. The van der Waals surface area contributed by atoms with E-state index in [0.717, 1.165) is 28.2 Å². The lowest BCUT2D eigenvalue weighted by atomic mass is 9.88. The number of carbonyl (C=O) groups is 1. The molecule has 0 aliphatic carbocycles. The molecule has 1 aromatic carbocycles. The number of aromatic amines is 1. The van der Waals surface area contributed by atoms with Crippen LogP contribution in [0.15, 0.2) is 53.8 Å². The highest BCUT2D eigenvalue weighted by Gasteiger charge is 2.31. The minimum absolute atomic E-state index is 0.184. The van der Waals surface area contributed by atoms with E-state index in [2.05, 4.69) is 61.2 Å². The van der Waals surface area contributed by atoms with Crippen molar-refractivity contribution < 1.29 is 9.90 Å². The molecule has 3 aromatic rings. The van der Waals surface area contributed by atoms with E-state index in [1.54, 1.807) is 13.8 Å². The monoisotopic (exact) mass is 492 g/mol. The van der Waals surface area contributed by atoms with Crippen molar-refractivity contribution >= 4 is 28.8 Å². The van der Waals surface area contributed by atoms with Crippen molar-refractivity contribution in [3.05, 3.63) is 64.8 Å². The lowest BCUT2D eigenvalue weighted by molar-refractivity contribution is 0.0901. The van der Waals surface area contributed by atoms with Crippen LogP contribution in [0, 0.1) is 5.41 Å². The van der Waals surface area contributed by atoms with Gasteiger partial charge in [-0.15, -0.1) is 11.3 Å². The molecule has 0 bridgehead atoms. The first-order chi connectivity index (χ1) is 16.4. The van der Waals surface area contributed by atoms with E-state index in [1.165, 1.54) is 16.9 Å². The number of H-pyrrole nitrogens is 1. The number of carbonyl (C=O) groups excluding carboxylic acids is 1. The summed E-state index contributed by atoms with van der Waals surface area (Å²) in [5, 5.41) is 14.2. The van der Waals surface area contributed by atoms with Gasteiger partial charge in [0.05, 0.1) is 17.0 Å². The third kappa shape index (κ3) is 6.10. The number of aliphatic hydroxyl groups is 1. The molecule has 186 valence electrons. The van der Waals surface area contributed by atoms with Crippen LogP contribution in [-0.4, -0.2) is 40.0 Å². The molecule has 1 aliphatic heterocycles. The second kappa shape index (κ2) is 9.72. The van der Waals surface area contributed by atoms with E-state index < -0.39 is 5.60 Å². The van der Waals surface area contributed by atoms with Crippen LogP contribution >= 0.6 is 11.3 Å². The third-order valence-electron chi connectivity index (χ3n) is 6.48. The highest BCUT2D eigenvalue weighted by Crippen LogP contribution is 2.33. The smallest absolute Gasteiger partial charge is 0.288 e. The maximum Gasteiger partial charge on any atom is 0.288 e. The van der Waals surface area contributed by atoms with Crippen LogP contribution < -0.4 is 10.2 Å². The zero-order chi connectivity index (χ0) is 25.4. The molecule has 2 aromatic heterocycles. The fourth-order valence-electron chi connectivity index (χ4n) is 4.06. The Morgan fingerprint density at radius 3 is 2.63 bits per heavy atom. The fraction of sp³-hybridized carbons (Fsp3) is 0.429. The Hall–Kier alpha value is -2.74. The van der Waals surface area contributed by atoms with E-state index in [-0.39, 0.29) is 11.3 Å². The van der Waals surface area contributed by atoms with E-state index >= 15 is 0 Å². The zero-order valence-electron chi connectivity index (χ0n) is 21.5. The molecule has 0 unspecified atom stereocenters. The van der Waals surface area contributed by atoms with Crippen LogP contribution in [0.25, 0.3) is 10.4 Å². The Morgan fingerprint density at radius 1 is 1.20 bits per heavy atom. The van der Waals surface area contributed by atoms with Crippen LogP contribution in [0.1, 0.15) is 62.3 Å². The van der Waals surface area contributed by atoms with Gasteiger partial charge in [0, 0.05) is 47.5 Å². The molecule has 35 heavy (non-hydrogen) atoms. The normalized spacial score (nSPS) is 16.1. The van der Waals surface area contributed by atoms with Gasteiger partial charge in [0.1, 0.15) is 5.84 Å². The number of amides is 1. The number of aromatic nitrogens is 1. The summed E-state index contributed by atoms with van der Waals surface area (Å²) >= 11 is 1.44. The number of β-amino-alcohol motifs (C(OH)–C–C–N with tert-alkyl or cyclic N) is 1. The number of hydrogen-bond donors (Lipinski definition) is 3. The average molecular weight is 493 g/mol. The SMILES string of the molecule is C[C@H](NCc1ccc2c(c1)CC(=NC(=O)c1ccc(-c3cc[nH]c3)s1)N2CC(C)(C)O)C(C)(C)C. The second-order valence-electron chi connectivity index (χ2n) is 11.1. The van der Waals surface area contributed by atoms with Crippen molar-refractivity contribution in [3.8, 4) is 10.4 Å². The third-order valence-corrected chi connectivity index (χ3v) is 7.60. The fourth-order valence-corrected chi connectivity index (χ4v) is 4.94. The first kappa shape index (κ1) is 25.4. The highest BCUT2D eigenvalue weighted by atomic mass is 32.1. The maximum absolute atomic E-state index is 13.1. The molecule has 1 aliphatic rings. The quantitative estimate of drug-likeness (QED) is 0.399. The van der Waals surface area contributed by atoms with Gasteiger partial charge in [0.25, 0.3) is 5.91 Å². The first-order valence-electron chi connectivity index (χ1n) is 12.1. The van der Waals surface area contributed by atoms with Gasteiger partial charge >= 0.3 is 0 Å². The van der Waals surface area contributed by atoms with Crippen molar-refractivity contribution in [1.29, 1.82) is 0 Å². The topological polar surface area (TPSA) is 80.7 Å².